The summed E-state index contributed by atoms with van der Waals surface area (Å²) >= 11 is 0. The molecule has 108 valence electrons. The zero-order valence-corrected chi connectivity index (χ0v) is 11.9. The SMILES string of the molecule is O=C(O)C=CCN(C1CCCCC1)C1CCCCC1. The molecule has 0 bridgehead atoms. The summed E-state index contributed by atoms with van der Waals surface area (Å²) in [5.74, 6) is -0.827. The number of hydrogen-bond acceptors (Lipinski definition) is 2. The molecule has 2 aliphatic rings. The Bertz CT molecular complexity index is 284. The summed E-state index contributed by atoms with van der Waals surface area (Å²) in [6.07, 6.45) is 16.5. The second kappa shape index (κ2) is 7.68. The summed E-state index contributed by atoms with van der Waals surface area (Å²) in [5.41, 5.74) is 0. The lowest BCUT2D eigenvalue weighted by molar-refractivity contribution is -0.131. The number of rotatable bonds is 5. The van der Waals surface area contributed by atoms with E-state index in [2.05, 4.69) is 4.90 Å². The van der Waals surface area contributed by atoms with Gasteiger partial charge in [0.25, 0.3) is 0 Å². The van der Waals surface area contributed by atoms with Gasteiger partial charge >= 0.3 is 5.97 Å². The molecular weight excluding hydrogens is 238 g/mol. The predicted octanol–water partition coefficient (Wildman–Crippen LogP) is 3.59. The molecule has 0 aliphatic heterocycles. The summed E-state index contributed by atoms with van der Waals surface area (Å²) in [4.78, 5) is 13.2. The van der Waals surface area contributed by atoms with Gasteiger partial charge in [-0.25, -0.2) is 4.79 Å². The van der Waals surface area contributed by atoms with E-state index in [-0.39, 0.29) is 0 Å². The maximum atomic E-state index is 10.6. The Morgan fingerprint density at radius 2 is 1.42 bits per heavy atom. The van der Waals surface area contributed by atoms with E-state index >= 15 is 0 Å². The van der Waals surface area contributed by atoms with Gasteiger partial charge in [-0.05, 0) is 25.7 Å². The van der Waals surface area contributed by atoms with Crippen LogP contribution >= 0.6 is 0 Å². The van der Waals surface area contributed by atoms with E-state index in [1.54, 1.807) is 0 Å². The molecule has 0 aromatic carbocycles. The number of nitrogens with zero attached hydrogens (tertiary/aromatic N) is 1. The van der Waals surface area contributed by atoms with Crippen LogP contribution in [0.2, 0.25) is 0 Å². The van der Waals surface area contributed by atoms with Gasteiger partial charge in [0.2, 0.25) is 0 Å². The minimum Gasteiger partial charge on any atom is -0.478 e. The summed E-state index contributed by atoms with van der Waals surface area (Å²) < 4.78 is 0. The van der Waals surface area contributed by atoms with Crippen LogP contribution in [0.15, 0.2) is 12.2 Å². The zero-order valence-electron chi connectivity index (χ0n) is 11.9. The first kappa shape index (κ1) is 14.6. The standard InChI is InChI=1S/C16H27NO2/c18-16(19)12-7-13-17(14-8-3-1-4-9-14)15-10-5-2-6-11-15/h7,12,14-15H,1-6,8-11,13H2,(H,18,19). The Morgan fingerprint density at radius 3 is 1.84 bits per heavy atom. The lowest BCUT2D eigenvalue weighted by Crippen LogP contribution is -2.45. The minimum absolute atomic E-state index is 0.690. The number of carboxylic acids is 1. The Kier molecular flexibility index (Phi) is 5.90. The van der Waals surface area contributed by atoms with Gasteiger partial charge in [-0.1, -0.05) is 44.6 Å². The Balaban J connectivity index is 1.96. The van der Waals surface area contributed by atoms with Crippen molar-refractivity contribution in [2.75, 3.05) is 6.54 Å². The molecule has 3 heteroatoms. The van der Waals surface area contributed by atoms with Crippen molar-refractivity contribution in [1.82, 2.24) is 4.90 Å². The van der Waals surface area contributed by atoms with Gasteiger partial charge in [-0.3, -0.25) is 4.90 Å². The van der Waals surface area contributed by atoms with Gasteiger partial charge in [0.05, 0.1) is 0 Å². The monoisotopic (exact) mass is 265 g/mol. The summed E-state index contributed by atoms with van der Waals surface area (Å²) in [6, 6.07) is 1.38. The highest BCUT2D eigenvalue weighted by Crippen LogP contribution is 2.29. The second-order valence-corrected chi connectivity index (χ2v) is 6.02. The fourth-order valence-electron chi connectivity index (χ4n) is 3.70. The van der Waals surface area contributed by atoms with Crippen LogP contribution in [0.1, 0.15) is 64.2 Å². The van der Waals surface area contributed by atoms with Crippen LogP contribution in [0, 0.1) is 0 Å². The van der Waals surface area contributed by atoms with Crippen LogP contribution < -0.4 is 0 Å². The maximum absolute atomic E-state index is 10.6. The highest BCUT2D eigenvalue weighted by molar-refractivity contribution is 5.79. The largest absolute Gasteiger partial charge is 0.478 e. The summed E-state index contributed by atoms with van der Waals surface area (Å²) in [6.45, 7) is 0.821. The molecule has 0 heterocycles. The molecule has 0 saturated heterocycles. The lowest BCUT2D eigenvalue weighted by Gasteiger charge is -2.41. The van der Waals surface area contributed by atoms with Crippen molar-refractivity contribution >= 4 is 5.97 Å². The molecule has 2 aliphatic carbocycles. The van der Waals surface area contributed by atoms with Gasteiger partial charge in [-0.2, -0.15) is 0 Å². The highest BCUT2D eigenvalue weighted by Gasteiger charge is 2.27. The first-order chi connectivity index (χ1) is 9.27. The molecular formula is C16H27NO2. The molecule has 0 radical (unpaired) electrons. The fraction of sp³-hybridized carbons (Fsp3) is 0.812. The Labute approximate surface area is 116 Å². The average Bonchev–Trinajstić information content (AvgIpc) is 2.45. The summed E-state index contributed by atoms with van der Waals surface area (Å²) in [5, 5.41) is 8.74. The van der Waals surface area contributed by atoms with Gasteiger partial charge < -0.3 is 5.11 Å². The van der Waals surface area contributed by atoms with Gasteiger partial charge in [-0.15, -0.1) is 0 Å². The van der Waals surface area contributed by atoms with Gasteiger partial charge in [0, 0.05) is 24.7 Å². The number of carboxylic acid groups (broad SMARTS) is 1. The van der Waals surface area contributed by atoms with Crippen LogP contribution in [-0.2, 0) is 4.79 Å². The van der Waals surface area contributed by atoms with Crippen LogP contribution in [-0.4, -0.2) is 34.6 Å². The van der Waals surface area contributed by atoms with Crippen molar-refractivity contribution in [2.24, 2.45) is 0 Å². The maximum Gasteiger partial charge on any atom is 0.328 e. The van der Waals surface area contributed by atoms with Crippen LogP contribution in [0.25, 0.3) is 0 Å². The van der Waals surface area contributed by atoms with E-state index < -0.39 is 5.97 Å². The van der Waals surface area contributed by atoms with Crippen LogP contribution in [0.4, 0.5) is 0 Å². The molecule has 2 fully saturated rings. The van der Waals surface area contributed by atoms with Crippen molar-refractivity contribution in [3.05, 3.63) is 12.2 Å². The molecule has 0 aromatic rings. The fourth-order valence-corrected chi connectivity index (χ4v) is 3.70. The lowest BCUT2D eigenvalue weighted by atomic mass is 9.88. The van der Waals surface area contributed by atoms with E-state index in [1.165, 1.54) is 70.3 Å². The van der Waals surface area contributed by atoms with E-state index in [9.17, 15) is 4.79 Å². The van der Waals surface area contributed by atoms with Crippen LogP contribution in [0.3, 0.4) is 0 Å². The van der Waals surface area contributed by atoms with Crippen molar-refractivity contribution in [3.63, 3.8) is 0 Å². The molecule has 0 aromatic heterocycles. The molecule has 2 rings (SSSR count). The number of hydrogen-bond donors (Lipinski definition) is 1. The molecule has 1 N–H and O–H groups in total. The smallest absolute Gasteiger partial charge is 0.328 e. The zero-order chi connectivity index (χ0) is 13.5. The Hall–Kier alpha value is -0.830. The van der Waals surface area contributed by atoms with Crippen molar-refractivity contribution in [2.45, 2.75) is 76.3 Å². The molecule has 19 heavy (non-hydrogen) atoms. The molecule has 0 atom stereocenters. The van der Waals surface area contributed by atoms with E-state index in [0.29, 0.717) is 12.1 Å². The minimum atomic E-state index is -0.827. The number of carbonyl (C=O) groups is 1. The molecule has 3 nitrogen and oxygen atoms in total. The van der Waals surface area contributed by atoms with Gasteiger partial charge in [0.15, 0.2) is 0 Å². The highest BCUT2D eigenvalue weighted by atomic mass is 16.4. The Morgan fingerprint density at radius 1 is 0.947 bits per heavy atom. The first-order valence-corrected chi connectivity index (χ1v) is 7.92. The van der Waals surface area contributed by atoms with Gasteiger partial charge in [0.1, 0.15) is 0 Å². The third-order valence-electron chi connectivity index (χ3n) is 4.66. The predicted molar refractivity (Wildman–Crippen MR) is 77.2 cm³/mol. The molecule has 0 unspecified atom stereocenters. The van der Waals surface area contributed by atoms with Crippen molar-refractivity contribution in [1.29, 1.82) is 0 Å². The van der Waals surface area contributed by atoms with E-state index in [1.807, 2.05) is 6.08 Å². The first-order valence-electron chi connectivity index (χ1n) is 7.92. The van der Waals surface area contributed by atoms with Crippen molar-refractivity contribution in [3.8, 4) is 0 Å². The third kappa shape index (κ3) is 4.64. The molecule has 2 saturated carbocycles. The molecule has 0 spiro atoms. The summed E-state index contributed by atoms with van der Waals surface area (Å²) in [7, 11) is 0. The normalized spacial score (nSPS) is 23.2. The number of aliphatic carboxylic acids is 1. The third-order valence-corrected chi connectivity index (χ3v) is 4.66. The van der Waals surface area contributed by atoms with Crippen LogP contribution in [0.5, 0.6) is 0 Å². The quantitative estimate of drug-likeness (QED) is 0.772. The van der Waals surface area contributed by atoms with E-state index in [0.717, 1.165) is 6.54 Å². The average molecular weight is 265 g/mol. The molecule has 0 amide bonds. The van der Waals surface area contributed by atoms with Crippen molar-refractivity contribution < 1.29 is 9.90 Å². The topological polar surface area (TPSA) is 40.5 Å². The second-order valence-electron chi connectivity index (χ2n) is 6.02. The van der Waals surface area contributed by atoms with E-state index in [4.69, 9.17) is 5.11 Å².